The second-order valence-electron chi connectivity index (χ2n) is 14.3. The van der Waals surface area contributed by atoms with Gasteiger partial charge in [0, 0.05) is 6.42 Å². The van der Waals surface area contributed by atoms with E-state index in [1.54, 1.807) is 0 Å². The quantitative estimate of drug-likeness (QED) is 0.0360. The molecule has 0 radical (unpaired) electrons. The Morgan fingerprint density at radius 3 is 1.49 bits per heavy atom. The molecular formula is C36H76N2O6P+. The lowest BCUT2D eigenvalue weighted by molar-refractivity contribution is -0.870. The molecule has 0 fully saturated rings. The van der Waals surface area contributed by atoms with E-state index >= 15 is 0 Å². The van der Waals surface area contributed by atoms with E-state index in [-0.39, 0.29) is 19.1 Å². The van der Waals surface area contributed by atoms with Gasteiger partial charge in [0.05, 0.1) is 39.9 Å². The Hall–Kier alpha value is -0.500. The molecule has 3 atom stereocenters. The lowest BCUT2D eigenvalue weighted by Gasteiger charge is -2.26. The number of aliphatic hydroxyl groups is 1. The third kappa shape index (κ3) is 31.8. The van der Waals surface area contributed by atoms with E-state index in [4.69, 9.17) is 9.05 Å². The number of phosphoric ester groups is 1. The molecule has 0 rings (SSSR count). The van der Waals surface area contributed by atoms with Crippen LogP contribution < -0.4 is 5.32 Å². The molecule has 0 saturated carbocycles. The molecule has 0 saturated heterocycles. The zero-order valence-electron chi connectivity index (χ0n) is 30.4. The van der Waals surface area contributed by atoms with Crippen molar-refractivity contribution in [3.05, 3.63) is 0 Å². The summed E-state index contributed by atoms with van der Waals surface area (Å²) in [5.41, 5.74) is 0. The molecule has 0 heterocycles. The van der Waals surface area contributed by atoms with Crippen LogP contribution in [0, 0.1) is 0 Å². The average Bonchev–Trinajstić information content (AvgIpc) is 2.97. The van der Waals surface area contributed by atoms with Crippen LogP contribution in [0.25, 0.3) is 0 Å². The molecule has 3 unspecified atom stereocenters. The van der Waals surface area contributed by atoms with Crippen molar-refractivity contribution in [2.24, 2.45) is 0 Å². The summed E-state index contributed by atoms with van der Waals surface area (Å²) in [5, 5.41) is 13.7. The Kier molecular flexibility index (Phi) is 29.3. The van der Waals surface area contributed by atoms with Crippen molar-refractivity contribution in [3.8, 4) is 0 Å². The van der Waals surface area contributed by atoms with Crippen molar-refractivity contribution in [1.82, 2.24) is 5.32 Å². The number of hydrogen-bond acceptors (Lipinski definition) is 5. The first-order valence-electron chi connectivity index (χ1n) is 18.9. The summed E-state index contributed by atoms with van der Waals surface area (Å²) in [6, 6.07) is -0.748. The van der Waals surface area contributed by atoms with Crippen molar-refractivity contribution < 1.29 is 32.9 Å². The van der Waals surface area contributed by atoms with Crippen molar-refractivity contribution in [2.75, 3.05) is 40.9 Å². The molecule has 45 heavy (non-hydrogen) atoms. The minimum atomic E-state index is -4.29. The molecule has 3 N–H and O–H groups in total. The first kappa shape index (κ1) is 44.5. The van der Waals surface area contributed by atoms with Gasteiger partial charge in [0.25, 0.3) is 0 Å². The van der Waals surface area contributed by atoms with E-state index in [1.807, 2.05) is 21.1 Å². The number of unbranched alkanes of at least 4 members (excludes halogenated alkanes) is 21. The van der Waals surface area contributed by atoms with Crippen molar-refractivity contribution >= 4 is 13.7 Å². The van der Waals surface area contributed by atoms with E-state index in [2.05, 4.69) is 19.2 Å². The monoisotopic (exact) mass is 664 g/mol. The van der Waals surface area contributed by atoms with Crippen molar-refractivity contribution in [3.63, 3.8) is 0 Å². The Bertz CT molecular complexity index is 718. The molecule has 0 aromatic rings. The number of nitrogens with one attached hydrogen (secondary N) is 1. The van der Waals surface area contributed by atoms with Crippen molar-refractivity contribution in [2.45, 2.75) is 187 Å². The van der Waals surface area contributed by atoms with Crippen LogP contribution >= 0.6 is 7.82 Å². The van der Waals surface area contributed by atoms with Gasteiger partial charge < -0.3 is 19.8 Å². The number of hydrogen-bond donors (Lipinski definition) is 3. The minimum absolute atomic E-state index is 0.0770. The van der Waals surface area contributed by atoms with E-state index in [9.17, 15) is 19.4 Å². The number of phosphoric acid groups is 1. The van der Waals surface area contributed by atoms with Gasteiger partial charge in [0.2, 0.25) is 5.91 Å². The molecule has 0 bridgehead atoms. The predicted molar refractivity (Wildman–Crippen MR) is 189 cm³/mol. The van der Waals surface area contributed by atoms with Gasteiger partial charge in [-0.05, 0) is 12.8 Å². The molecule has 1 amide bonds. The molecular weight excluding hydrogens is 587 g/mol. The number of carbonyl (C=O) groups excluding carboxylic acids is 1. The maximum atomic E-state index is 12.7. The molecule has 0 aromatic heterocycles. The molecule has 0 aromatic carbocycles. The topological polar surface area (TPSA) is 105 Å². The summed E-state index contributed by atoms with van der Waals surface area (Å²) in [7, 11) is 1.62. The van der Waals surface area contributed by atoms with Crippen LogP contribution in [0.2, 0.25) is 0 Å². The number of amides is 1. The Labute approximate surface area is 279 Å². The van der Waals surface area contributed by atoms with Gasteiger partial charge in [0.1, 0.15) is 13.2 Å². The fraction of sp³-hybridized carbons (Fsp3) is 0.972. The second-order valence-corrected chi connectivity index (χ2v) is 15.8. The zero-order valence-corrected chi connectivity index (χ0v) is 31.3. The number of rotatable bonds is 34. The normalized spacial score (nSPS) is 14.7. The van der Waals surface area contributed by atoms with Gasteiger partial charge in [-0.25, -0.2) is 4.57 Å². The highest BCUT2D eigenvalue weighted by molar-refractivity contribution is 7.47. The standard InChI is InChI=1S/C36H75N2O6P/c1-6-8-10-12-13-14-15-16-17-18-19-20-21-22-23-24-26-28-30-36(40)37-34(35(39)29-27-25-11-9-7-2)33-44-45(41,42)43-32-31-38(3,4)5/h34-35,39H,6-33H2,1-5H3,(H-,37,40,41,42)/p+1. The summed E-state index contributed by atoms with van der Waals surface area (Å²) in [4.78, 5) is 22.8. The molecule has 0 aliphatic carbocycles. The first-order valence-corrected chi connectivity index (χ1v) is 20.4. The smallest absolute Gasteiger partial charge is 0.391 e. The fourth-order valence-electron chi connectivity index (χ4n) is 5.52. The van der Waals surface area contributed by atoms with Crippen LogP contribution in [0.15, 0.2) is 0 Å². The second kappa shape index (κ2) is 29.6. The maximum Gasteiger partial charge on any atom is 0.472 e. The Morgan fingerprint density at radius 1 is 0.667 bits per heavy atom. The minimum Gasteiger partial charge on any atom is -0.391 e. The predicted octanol–water partition coefficient (Wildman–Crippen LogP) is 9.46. The molecule has 0 aliphatic heterocycles. The SMILES string of the molecule is CCCCCCCCCCCCCCCCCCCCC(=O)NC(COP(=O)(O)OCC[N+](C)(C)C)C(O)CCCCCCC. The highest BCUT2D eigenvalue weighted by atomic mass is 31.2. The van der Waals surface area contributed by atoms with E-state index in [1.165, 1.54) is 96.3 Å². The molecule has 9 heteroatoms. The summed E-state index contributed by atoms with van der Waals surface area (Å²) >= 11 is 0. The van der Waals surface area contributed by atoms with Gasteiger partial charge in [-0.3, -0.25) is 13.8 Å². The van der Waals surface area contributed by atoms with Gasteiger partial charge in [0.15, 0.2) is 0 Å². The van der Waals surface area contributed by atoms with E-state index < -0.39 is 20.0 Å². The highest BCUT2D eigenvalue weighted by Crippen LogP contribution is 2.43. The zero-order chi connectivity index (χ0) is 33.7. The van der Waals surface area contributed by atoms with Crippen LogP contribution in [-0.4, -0.2) is 73.4 Å². The number of aliphatic hydroxyl groups excluding tert-OH is 1. The fourth-order valence-corrected chi connectivity index (χ4v) is 6.25. The van der Waals surface area contributed by atoms with Crippen LogP contribution in [0.1, 0.15) is 174 Å². The van der Waals surface area contributed by atoms with Crippen LogP contribution in [-0.2, 0) is 18.4 Å². The molecule has 0 spiro atoms. The van der Waals surface area contributed by atoms with Gasteiger partial charge >= 0.3 is 7.82 Å². The van der Waals surface area contributed by atoms with Crippen LogP contribution in [0.4, 0.5) is 0 Å². The number of nitrogens with zero attached hydrogens (tertiary/aromatic N) is 1. The summed E-state index contributed by atoms with van der Waals surface area (Å²) < 4.78 is 23.3. The third-order valence-corrected chi connectivity index (χ3v) is 9.59. The van der Waals surface area contributed by atoms with Crippen LogP contribution in [0.5, 0.6) is 0 Å². The number of quaternary nitrogens is 1. The lowest BCUT2D eigenvalue weighted by Crippen LogP contribution is -2.46. The van der Waals surface area contributed by atoms with Gasteiger partial charge in [-0.1, -0.05) is 155 Å². The highest BCUT2D eigenvalue weighted by Gasteiger charge is 2.28. The van der Waals surface area contributed by atoms with E-state index in [0.717, 1.165) is 51.4 Å². The molecule has 0 aliphatic rings. The summed E-state index contributed by atoms with van der Waals surface area (Å²) in [6.45, 7) is 4.80. The molecule has 270 valence electrons. The van der Waals surface area contributed by atoms with Crippen molar-refractivity contribution in [1.29, 1.82) is 0 Å². The maximum absolute atomic E-state index is 12.7. The largest absolute Gasteiger partial charge is 0.472 e. The average molecular weight is 664 g/mol. The Morgan fingerprint density at radius 2 is 1.07 bits per heavy atom. The number of likely N-dealkylation sites (N-methyl/N-ethyl adjacent to an activating group) is 1. The van der Waals surface area contributed by atoms with Gasteiger partial charge in [-0.2, -0.15) is 0 Å². The summed E-state index contributed by atoms with van der Waals surface area (Å²) in [6.07, 6.45) is 28.8. The first-order chi connectivity index (χ1) is 21.5. The number of carbonyl (C=O) groups is 1. The molecule has 8 nitrogen and oxygen atoms in total. The summed E-state index contributed by atoms with van der Waals surface area (Å²) in [5.74, 6) is -0.149. The van der Waals surface area contributed by atoms with Crippen LogP contribution in [0.3, 0.4) is 0 Å². The lowest BCUT2D eigenvalue weighted by atomic mass is 10.0. The third-order valence-electron chi connectivity index (χ3n) is 8.61. The van der Waals surface area contributed by atoms with E-state index in [0.29, 0.717) is 23.9 Å². The Balaban J connectivity index is 4.15. The van der Waals surface area contributed by atoms with Gasteiger partial charge in [-0.15, -0.1) is 0 Å².